The van der Waals surface area contributed by atoms with E-state index in [2.05, 4.69) is 49.1 Å². The van der Waals surface area contributed by atoms with Crippen LogP contribution in [0.1, 0.15) is 77.5 Å². The van der Waals surface area contributed by atoms with E-state index < -0.39 is 13.7 Å². The van der Waals surface area contributed by atoms with Gasteiger partial charge in [-0.25, -0.2) is 19.9 Å². The Hall–Kier alpha value is -2.69. The van der Waals surface area contributed by atoms with Gasteiger partial charge in [0.2, 0.25) is 5.91 Å². The summed E-state index contributed by atoms with van der Waals surface area (Å²) in [6, 6.07) is 0.360. The lowest BCUT2D eigenvalue weighted by molar-refractivity contribution is -0.121. The summed E-state index contributed by atoms with van der Waals surface area (Å²) in [5.41, 5.74) is 1.68. The summed E-state index contributed by atoms with van der Waals surface area (Å²) in [4.78, 5) is 34.6. The number of ether oxygens (including phenoxy) is 1. The maximum absolute atomic E-state index is 13.9. The second-order valence-corrected chi connectivity index (χ2v) is 17.4. The highest BCUT2D eigenvalue weighted by molar-refractivity contribution is 6.74. The Morgan fingerprint density at radius 3 is 2.47 bits per heavy atom. The molecule has 0 radical (unpaired) electrons. The molecular formula is C28H40N6O3Si. The van der Waals surface area contributed by atoms with Crippen LogP contribution >= 0.6 is 0 Å². The molecule has 1 saturated carbocycles. The van der Waals surface area contributed by atoms with Crippen molar-refractivity contribution in [2.45, 2.75) is 96.5 Å². The van der Waals surface area contributed by atoms with Gasteiger partial charge in [-0.15, -0.1) is 0 Å². The quantitative estimate of drug-likeness (QED) is 0.462. The third kappa shape index (κ3) is 4.89. The summed E-state index contributed by atoms with van der Waals surface area (Å²) in [5.74, 6) is 2.51. The van der Waals surface area contributed by atoms with E-state index in [-0.39, 0.29) is 10.9 Å². The van der Waals surface area contributed by atoms with E-state index in [0.29, 0.717) is 49.0 Å². The van der Waals surface area contributed by atoms with Crippen LogP contribution in [0.5, 0.6) is 0 Å². The molecule has 2 aromatic heterocycles. The molecular weight excluding hydrogens is 496 g/mol. The monoisotopic (exact) mass is 536 g/mol. The number of fused-ring (bicyclic) bond motifs is 1. The topological polar surface area (TPSA) is 102 Å². The largest absolute Gasteiger partial charge is 0.409 e. The van der Waals surface area contributed by atoms with E-state index in [1.165, 1.54) is 6.42 Å². The van der Waals surface area contributed by atoms with Crippen LogP contribution in [-0.2, 0) is 26.0 Å². The number of aromatic nitrogens is 4. The molecule has 204 valence electrons. The Labute approximate surface area is 226 Å². The first kappa shape index (κ1) is 26.9. The third-order valence-electron chi connectivity index (χ3n) is 8.47. The van der Waals surface area contributed by atoms with Crippen LogP contribution < -0.4 is 10.2 Å². The molecule has 0 spiro atoms. The van der Waals surface area contributed by atoms with E-state index >= 15 is 0 Å². The van der Waals surface area contributed by atoms with Crippen LogP contribution in [0.3, 0.4) is 0 Å². The zero-order chi connectivity index (χ0) is 27.3. The van der Waals surface area contributed by atoms with Crippen LogP contribution in [0.25, 0.3) is 5.57 Å². The molecule has 2 aromatic rings. The smallest absolute Gasteiger partial charge is 0.243 e. The molecule has 5 rings (SSSR count). The van der Waals surface area contributed by atoms with Gasteiger partial charge in [-0.1, -0.05) is 26.8 Å². The maximum atomic E-state index is 13.9. The van der Waals surface area contributed by atoms with Gasteiger partial charge in [0, 0.05) is 6.04 Å². The van der Waals surface area contributed by atoms with Crippen molar-refractivity contribution < 1.29 is 14.0 Å². The molecule has 0 bridgehead atoms. The summed E-state index contributed by atoms with van der Waals surface area (Å²) >= 11 is 0. The summed E-state index contributed by atoms with van der Waals surface area (Å²) in [7, 11) is -2.02. The van der Waals surface area contributed by atoms with Gasteiger partial charge in [-0.2, -0.15) is 0 Å². The fourth-order valence-corrected chi connectivity index (χ4v) is 5.59. The minimum absolute atomic E-state index is 0.0671. The number of amides is 1. The fraction of sp³-hybridized carbons (Fsp3) is 0.607. The highest BCUT2D eigenvalue weighted by atomic mass is 28.4. The van der Waals surface area contributed by atoms with Crippen molar-refractivity contribution in [3.8, 4) is 0 Å². The molecule has 0 unspecified atom stereocenters. The Morgan fingerprint density at radius 1 is 1.18 bits per heavy atom. The lowest BCUT2D eigenvalue weighted by Gasteiger charge is -2.36. The maximum Gasteiger partial charge on any atom is 0.243 e. The molecule has 3 aliphatic rings. The molecule has 9 nitrogen and oxygen atoms in total. The van der Waals surface area contributed by atoms with Crippen molar-refractivity contribution in [3.63, 3.8) is 0 Å². The second kappa shape index (κ2) is 9.80. The van der Waals surface area contributed by atoms with Crippen molar-refractivity contribution in [1.82, 2.24) is 19.9 Å². The van der Waals surface area contributed by atoms with Gasteiger partial charge in [0.25, 0.3) is 0 Å². The van der Waals surface area contributed by atoms with Crippen LogP contribution in [0.4, 0.5) is 17.3 Å². The van der Waals surface area contributed by atoms with Crippen LogP contribution in [0.2, 0.25) is 18.1 Å². The van der Waals surface area contributed by atoms with Gasteiger partial charge in [0.1, 0.15) is 11.6 Å². The van der Waals surface area contributed by atoms with Crippen molar-refractivity contribution in [1.29, 1.82) is 0 Å². The normalized spacial score (nSPS) is 19.7. The molecule has 1 aliphatic carbocycles. The minimum Gasteiger partial charge on any atom is -0.409 e. The number of anilines is 3. The number of nitrogens with zero attached hydrogens (tertiary/aromatic N) is 5. The van der Waals surface area contributed by atoms with Gasteiger partial charge in [-0.3, -0.25) is 9.69 Å². The highest BCUT2D eigenvalue weighted by Crippen LogP contribution is 2.48. The van der Waals surface area contributed by atoms with Crippen LogP contribution in [0, 0.1) is 0 Å². The summed E-state index contributed by atoms with van der Waals surface area (Å²) in [5, 5.41) is 3.69. The number of hydrogen-bond acceptors (Lipinski definition) is 8. The Bertz CT molecular complexity index is 1250. The predicted octanol–water partition coefficient (Wildman–Crippen LogP) is 5.51. The molecule has 1 fully saturated rings. The number of carbonyl (C=O) groups excluding carboxylic acids is 1. The van der Waals surface area contributed by atoms with E-state index in [4.69, 9.17) is 19.1 Å². The highest BCUT2D eigenvalue weighted by Gasteiger charge is 2.49. The Kier molecular flexibility index (Phi) is 6.94. The van der Waals surface area contributed by atoms with Crippen molar-refractivity contribution in [3.05, 3.63) is 35.7 Å². The van der Waals surface area contributed by atoms with Crippen molar-refractivity contribution in [2.24, 2.45) is 0 Å². The third-order valence-corrected chi connectivity index (χ3v) is 13.0. The summed E-state index contributed by atoms with van der Waals surface area (Å²) in [6.45, 7) is 16.5. The van der Waals surface area contributed by atoms with Gasteiger partial charge < -0.3 is 14.5 Å². The molecule has 10 heteroatoms. The summed E-state index contributed by atoms with van der Waals surface area (Å²) in [6.07, 6.45) is 9.62. The molecule has 38 heavy (non-hydrogen) atoms. The fourth-order valence-electron chi connectivity index (χ4n) is 4.66. The Balaban J connectivity index is 1.53. The lowest BCUT2D eigenvalue weighted by atomic mass is 9.86. The zero-order valence-electron chi connectivity index (χ0n) is 23.7. The van der Waals surface area contributed by atoms with E-state index in [1.807, 2.05) is 19.9 Å². The number of carbonyl (C=O) groups is 1. The molecule has 2 aliphatic heterocycles. The van der Waals surface area contributed by atoms with Gasteiger partial charge in [0.05, 0.1) is 48.9 Å². The number of nitrogens with one attached hydrogen (secondary N) is 1. The van der Waals surface area contributed by atoms with Gasteiger partial charge in [0.15, 0.2) is 20.0 Å². The molecule has 1 amide bonds. The first-order valence-corrected chi connectivity index (χ1v) is 16.5. The van der Waals surface area contributed by atoms with E-state index in [9.17, 15) is 4.79 Å². The lowest BCUT2D eigenvalue weighted by Crippen LogP contribution is -2.40. The number of hydrogen-bond donors (Lipinski definition) is 1. The SMILES string of the molecule is CC1(C)C(=O)N(c2cnc(C3=CCOCC3)nc2)c2nc(CO[Si](C)(C)C(C)(C)C)nc(NC3CCC3)c21. The Morgan fingerprint density at radius 2 is 1.89 bits per heavy atom. The zero-order valence-corrected chi connectivity index (χ0v) is 24.7. The predicted molar refractivity (Wildman–Crippen MR) is 151 cm³/mol. The molecule has 0 aromatic carbocycles. The first-order valence-electron chi connectivity index (χ1n) is 13.6. The van der Waals surface area contributed by atoms with E-state index in [1.54, 1.807) is 17.3 Å². The average molecular weight is 537 g/mol. The van der Waals surface area contributed by atoms with Crippen LogP contribution in [-0.4, -0.2) is 53.4 Å². The number of rotatable bonds is 7. The molecule has 0 atom stereocenters. The summed E-state index contributed by atoms with van der Waals surface area (Å²) < 4.78 is 11.9. The van der Waals surface area contributed by atoms with Crippen LogP contribution in [0.15, 0.2) is 18.5 Å². The van der Waals surface area contributed by atoms with Crippen molar-refractivity contribution in [2.75, 3.05) is 23.4 Å². The van der Waals surface area contributed by atoms with Crippen molar-refractivity contribution >= 4 is 37.1 Å². The standard InChI is InChI=1S/C28H40N6O3Si/c1-27(2,3)38(6,7)37-17-21-32-24(31-19-9-8-10-19)22-25(33-21)34(26(35)28(22,4)5)20-15-29-23(30-16-20)18-11-13-36-14-12-18/h11,15-16,19H,8-10,12-14,17H2,1-7H3,(H,31,32,33). The molecule has 0 saturated heterocycles. The molecule has 4 heterocycles. The van der Waals surface area contributed by atoms with Gasteiger partial charge >= 0.3 is 0 Å². The van der Waals surface area contributed by atoms with E-state index in [0.717, 1.165) is 36.2 Å². The molecule has 1 N–H and O–H groups in total. The average Bonchev–Trinajstić information content (AvgIpc) is 3.05. The minimum atomic E-state index is -2.02. The first-order chi connectivity index (χ1) is 17.9. The van der Waals surface area contributed by atoms with Gasteiger partial charge in [-0.05, 0) is 63.2 Å². The second-order valence-electron chi connectivity index (χ2n) is 12.6.